The molecule has 1 saturated carbocycles. The molecule has 0 spiro atoms. The topological polar surface area (TPSA) is 64.1 Å². The third-order valence-corrected chi connectivity index (χ3v) is 8.58. The summed E-state index contributed by atoms with van der Waals surface area (Å²) < 4.78 is 17.0. The molecule has 2 fully saturated rings. The van der Waals surface area contributed by atoms with E-state index in [4.69, 9.17) is 37.4 Å². The highest BCUT2D eigenvalue weighted by atomic mass is 35.5. The highest BCUT2D eigenvalue weighted by molar-refractivity contribution is 6.43. The molecule has 2 heterocycles. The van der Waals surface area contributed by atoms with E-state index in [1.54, 1.807) is 6.07 Å². The first-order valence-electron chi connectivity index (χ1n) is 14.3. The SMILES string of the molecule is O=C(OCOc1ccc2ccc(OCCCCN3CCN(c4cccc(Cl)c4Cl)CC3)cc2n1)C1CCCCC1. The molecule has 3 aromatic rings. The van der Waals surface area contributed by atoms with E-state index in [9.17, 15) is 4.79 Å². The number of ether oxygens (including phenoxy) is 3. The van der Waals surface area contributed by atoms with Crippen LogP contribution in [0.15, 0.2) is 48.5 Å². The number of carbonyl (C=O) groups excluding carboxylic acids is 1. The van der Waals surface area contributed by atoms with Gasteiger partial charge in [-0.3, -0.25) is 9.69 Å². The van der Waals surface area contributed by atoms with E-state index in [1.807, 2.05) is 42.5 Å². The normalized spacial score (nSPS) is 16.7. The van der Waals surface area contributed by atoms with Gasteiger partial charge >= 0.3 is 5.97 Å². The fourth-order valence-electron chi connectivity index (χ4n) is 5.43. The summed E-state index contributed by atoms with van der Waals surface area (Å²) in [4.78, 5) is 21.6. The molecule has 7 nitrogen and oxygen atoms in total. The predicted octanol–water partition coefficient (Wildman–Crippen LogP) is 6.98. The Hall–Kier alpha value is -2.74. The van der Waals surface area contributed by atoms with Crippen LogP contribution in [-0.4, -0.2) is 62.0 Å². The van der Waals surface area contributed by atoms with Crippen molar-refractivity contribution in [3.05, 3.63) is 58.6 Å². The molecule has 0 radical (unpaired) electrons. The number of hydrogen-bond acceptors (Lipinski definition) is 7. The maximum atomic E-state index is 12.2. The van der Waals surface area contributed by atoms with Crippen molar-refractivity contribution in [2.24, 2.45) is 5.92 Å². The van der Waals surface area contributed by atoms with Gasteiger partial charge in [-0.25, -0.2) is 4.98 Å². The van der Waals surface area contributed by atoms with Crippen LogP contribution in [0.2, 0.25) is 10.0 Å². The Morgan fingerprint density at radius 3 is 2.55 bits per heavy atom. The van der Waals surface area contributed by atoms with Gasteiger partial charge < -0.3 is 19.1 Å². The van der Waals surface area contributed by atoms with Crippen LogP contribution in [0.1, 0.15) is 44.9 Å². The van der Waals surface area contributed by atoms with Gasteiger partial charge in [-0.15, -0.1) is 0 Å². The van der Waals surface area contributed by atoms with Crippen LogP contribution in [0.3, 0.4) is 0 Å². The number of unbranched alkanes of at least 4 members (excludes halogenated alkanes) is 1. The molecule has 0 amide bonds. The molecule has 1 aliphatic heterocycles. The summed E-state index contributed by atoms with van der Waals surface area (Å²) in [5.74, 6) is 1.05. The average molecular weight is 587 g/mol. The van der Waals surface area contributed by atoms with Gasteiger partial charge in [0.1, 0.15) is 5.75 Å². The molecular formula is C31H37Cl2N3O4. The largest absolute Gasteiger partial charge is 0.494 e. The standard InChI is InChI=1S/C31H37Cl2N3O4/c32-26-9-6-10-28(30(26)33)36-18-16-35(17-19-36)15-4-5-20-38-25-13-11-23-12-14-29(34-27(23)21-25)39-22-40-31(37)24-7-2-1-3-8-24/h6,9-14,21,24H,1-5,7-8,15-20,22H2. The Bertz CT molecular complexity index is 1280. The van der Waals surface area contributed by atoms with E-state index in [-0.39, 0.29) is 18.7 Å². The van der Waals surface area contributed by atoms with Crippen molar-refractivity contribution in [1.82, 2.24) is 9.88 Å². The summed E-state index contributed by atoms with van der Waals surface area (Å²) >= 11 is 12.6. The highest BCUT2D eigenvalue weighted by Gasteiger charge is 2.22. The van der Waals surface area contributed by atoms with E-state index >= 15 is 0 Å². The van der Waals surface area contributed by atoms with Gasteiger partial charge in [0.15, 0.2) is 0 Å². The molecule has 1 saturated heterocycles. The number of carbonyl (C=O) groups is 1. The number of halogens is 2. The van der Waals surface area contributed by atoms with E-state index in [0.717, 1.165) is 93.6 Å². The van der Waals surface area contributed by atoms with E-state index in [0.29, 0.717) is 22.5 Å². The Balaban J connectivity index is 1.01. The molecule has 9 heteroatoms. The van der Waals surface area contributed by atoms with Gasteiger partial charge in [-0.1, -0.05) is 48.5 Å². The number of anilines is 1. The number of piperazine rings is 1. The molecule has 2 aliphatic rings. The maximum Gasteiger partial charge on any atom is 0.311 e. The first-order valence-corrected chi connectivity index (χ1v) is 15.1. The van der Waals surface area contributed by atoms with E-state index < -0.39 is 0 Å². The van der Waals surface area contributed by atoms with Gasteiger partial charge in [0, 0.05) is 43.7 Å². The number of pyridine rings is 1. The summed E-state index contributed by atoms with van der Waals surface area (Å²) in [6.07, 6.45) is 7.25. The third kappa shape index (κ3) is 7.71. The monoisotopic (exact) mass is 585 g/mol. The van der Waals surface area contributed by atoms with Crippen LogP contribution in [0.25, 0.3) is 10.9 Å². The molecule has 1 aromatic heterocycles. The second kappa shape index (κ2) is 14.2. The van der Waals surface area contributed by atoms with Crippen LogP contribution in [0.4, 0.5) is 5.69 Å². The minimum atomic E-state index is -0.166. The fourth-order valence-corrected chi connectivity index (χ4v) is 5.84. The Morgan fingerprint density at radius 1 is 0.925 bits per heavy atom. The first kappa shape index (κ1) is 28.8. The number of aromatic nitrogens is 1. The van der Waals surface area contributed by atoms with Gasteiger partial charge in [0.2, 0.25) is 12.7 Å². The number of nitrogens with zero attached hydrogens (tertiary/aromatic N) is 3. The number of fused-ring (bicyclic) bond motifs is 1. The van der Waals surface area contributed by atoms with Crippen LogP contribution >= 0.6 is 23.2 Å². The lowest BCUT2D eigenvalue weighted by molar-refractivity contribution is -0.156. The van der Waals surface area contributed by atoms with Crippen molar-refractivity contribution in [1.29, 1.82) is 0 Å². The van der Waals surface area contributed by atoms with Crippen LogP contribution < -0.4 is 14.4 Å². The second-order valence-corrected chi connectivity index (χ2v) is 11.3. The van der Waals surface area contributed by atoms with Crippen molar-refractivity contribution >= 4 is 45.8 Å². The summed E-state index contributed by atoms with van der Waals surface area (Å²) in [7, 11) is 0. The van der Waals surface area contributed by atoms with E-state index in [1.165, 1.54) is 6.42 Å². The zero-order valence-corrected chi connectivity index (χ0v) is 24.3. The van der Waals surface area contributed by atoms with Crippen LogP contribution in [0, 0.1) is 5.92 Å². The summed E-state index contributed by atoms with van der Waals surface area (Å²) in [5.41, 5.74) is 1.80. The smallest absolute Gasteiger partial charge is 0.311 e. The maximum absolute atomic E-state index is 12.2. The molecule has 0 unspecified atom stereocenters. The van der Waals surface area contributed by atoms with Gasteiger partial charge in [-0.2, -0.15) is 0 Å². The lowest BCUT2D eigenvalue weighted by Crippen LogP contribution is -2.46. The lowest BCUT2D eigenvalue weighted by atomic mass is 9.89. The fraction of sp³-hybridized carbons (Fsp3) is 0.484. The Kier molecular flexibility index (Phi) is 10.2. The summed E-state index contributed by atoms with van der Waals surface area (Å²) in [5, 5.41) is 2.24. The zero-order valence-electron chi connectivity index (χ0n) is 22.8. The van der Waals surface area contributed by atoms with Crippen molar-refractivity contribution in [3.8, 4) is 11.6 Å². The number of benzene rings is 2. The highest BCUT2D eigenvalue weighted by Crippen LogP contribution is 2.33. The third-order valence-electron chi connectivity index (χ3n) is 7.77. The summed E-state index contributed by atoms with van der Waals surface area (Å²) in [6.45, 7) is 5.47. The van der Waals surface area contributed by atoms with Crippen molar-refractivity contribution < 1.29 is 19.0 Å². The summed E-state index contributed by atoms with van der Waals surface area (Å²) in [6, 6.07) is 15.4. The molecule has 5 rings (SSSR count). The quantitative estimate of drug-likeness (QED) is 0.136. The molecule has 214 valence electrons. The van der Waals surface area contributed by atoms with Crippen LogP contribution in [0.5, 0.6) is 11.6 Å². The molecule has 0 atom stereocenters. The minimum Gasteiger partial charge on any atom is -0.494 e. The first-order chi connectivity index (χ1) is 19.6. The van der Waals surface area contributed by atoms with Gasteiger partial charge in [0.25, 0.3) is 0 Å². The van der Waals surface area contributed by atoms with Crippen LogP contribution in [-0.2, 0) is 9.53 Å². The number of esters is 1. The number of hydrogen-bond donors (Lipinski definition) is 0. The molecule has 0 bridgehead atoms. The van der Waals surface area contributed by atoms with Crippen molar-refractivity contribution in [3.63, 3.8) is 0 Å². The predicted molar refractivity (Wildman–Crippen MR) is 160 cm³/mol. The van der Waals surface area contributed by atoms with Crippen molar-refractivity contribution in [2.45, 2.75) is 44.9 Å². The zero-order chi connectivity index (χ0) is 27.7. The Labute approximate surface area is 246 Å². The van der Waals surface area contributed by atoms with E-state index in [2.05, 4.69) is 14.8 Å². The molecular weight excluding hydrogens is 549 g/mol. The minimum absolute atomic E-state index is 0.00571. The molecule has 40 heavy (non-hydrogen) atoms. The molecule has 2 aromatic carbocycles. The lowest BCUT2D eigenvalue weighted by Gasteiger charge is -2.36. The number of rotatable bonds is 11. The Morgan fingerprint density at radius 2 is 1.73 bits per heavy atom. The molecule has 0 N–H and O–H groups in total. The molecule has 1 aliphatic carbocycles. The second-order valence-electron chi connectivity index (χ2n) is 10.5. The van der Waals surface area contributed by atoms with Gasteiger partial charge in [0.05, 0.1) is 33.8 Å². The van der Waals surface area contributed by atoms with Gasteiger partial charge in [-0.05, 0) is 62.6 Å². The van der Waals surface area contributed by atoms with Crippen molar-refractivity contribution in [2.75, 3.05) is 51.0 Å². The average Bonchev–Trinajstić information content (AvgIpc) is 2.99.